The zero-order valence-corrected chi connectivity index (χ0v) is 16.5. The van der Waals surface area contributed by atoms with Crippen molar-refractivity contribution in [2.45, 2.75) is 45.8 Å². The highest BCUT2D eigenvalue weighted by molar-refractivity contribution is 6.33. The monoisotopic (exact) mass is 440 g/mol. The number of nitrogens with zero attached hydrogens (tertiary/aromatic N) is 3. The van der Waals surface area contributed by atoms with Gasteiger partial charge in [0.25, 0.3) is 0 Å². The van der Waals surface area contributed by atoms with E-state index in [9.17, 15) is 22.0 Å². The van der Waals surface area contributed by atoms with Crippen LogP contribution in [0.5, 0.6) is 0 Å². The summed E-state index contributed by atoms with van der Waals surface area (Å²) in [7, 11) is 0. The van der Waals surface area contributed by atoms with Crippen molar-refractivity contribution >= 4 is 23.6 Å². The second-order valence-corrected chi connectivity index (χ2v) is 6.18. The predicted molar refractivity (Wildman–Crippen MR) is 94.8 cm³/mol. The Morgan fingerprint density at radius 3 is 2.24 bits per heavy atom. The van der Waals surface area contributed by atoms with Crippen molar-refractivity contribution in [3.63, 3.8) is 0 Å². The van der Waals surface area contributed by atoms with Crippen molar-refractivity contribution in [3.8, 4) is 11.3 Å². The summed E-state index contributed by atoms with van der Waals surface area (Å²) in [5.74, 6) is -4.92. The Bertz CT molecular complexity index is 877. The molecule has 0 bridgehead atoms. The lowest BCUT2D eigenvalue weighted by Crippen LogP contribution is -2.42. The van der Waals surface area contributed by atoms with Crippen molar-refractivity contribution in [1.82, 2.24) is 14.8 Å². The predicted octanol–water partition coefficient (Wildman–Crippen LogP) is 4.52. The van der Waals surface area contributed by atoms with Crippen molar-refractivity contribution in [3.05, 3.63) is 28.5 Å². The van der Waals surface area contributed by atoms with Crippen LogP contribution in [0.1, 0.15) is 25.1 Å². The molecule has 6 nitrogen and oxygen atoms in total. The second kappa shape index (κ2) is 9.80. The molecule has 0 aliphatic carbocycles. The van der Waals surface area contributed by atoms with Crippen LogP contribution in [-0.2, 0) is 22.6 Å². The molecule has 2 heterocycles. The zero-order chi connectivity index (χ0) is 22.4. The molecule has 0 radical (unpaired) electrons. The van der Waals surface area contributed by atoms with Crippen LogP contribution in [0.3, 0.4) is 0 Å². The minimum absolute atomic E-state index is 0.0791. The molecule has 2 rings (SSSR count). The third-order valence-corrected chi connectivity index (χ3v) is 4.26. The number of pyridine rings is 1. The van der Waals surface area contributed by atoms with Gasteiger partial charge in [-0.15, -0.1) is 0 Å². The largest absolute Gasteiger partial charge is 0.455 e. The van der Waals surface area contributed by atoms with E-state index in [0.29, 0.717) is 34.8 Å². The van der Waals surface area contributed by atoms with Gasteiger partial charge in [-0.1, -0.05) is 18.5 Å². The van der Waals surface area contributed by atoms with Gasteiger partial charge in [-0.05, 0) is 31.9 Å². The van der Waals surface area contributed by atoms with Crippen LogP contribution in [0.4, 0.5) is 27.8 Å². The first kappa shape index (κ1) is 24.5. The lowest BCUT2D eigenvalue weighted by molar-refractivity contribution is -0.275. The first-order valence-electron chi connectivity index (χ1n) is 8.33. The van der Waals surface area contributed by atoms with E-state index in [4.69, 9.17) is 21.2 Å². The SMILES string of the molecule is CCc1nn(CC)c(-c2cnc(NCC(F)(F)C(F)(F)F)cc2C)c1Cl.O=C=O. The van der Waals surface area contributed by atoms with Gasteiger partial charge < -0.3 is 5.32 Å². The molecule has 29 heavy (non-hydrogen) atoms. The lowest BCUT2D eigenvalue weighted by atomic mass is 10.1. The Morgan fingerprint density at radius 2 is 1.79 bits per heavy atom. The number of anilines is 1. The molecule has 0 atom stereocenters. The Labute approximate surface area is 168 Å². The maximum atomic E-state index is 13.0. The average molecular weight is 441 g/mol. The van der Waals surface area contributed by atoms with Crippen LogP contribution in [0.25, 0.3) is 11.3 Å². The fourth-order valence-electron chi connectivity index (χ4n) is 2.40. The fraction of sp³-hybridized carbons (Fsp3) is 0.471. The molecule has 0 spiro atoms. The maximum absolute atomic E-state index is 13.0. The zero-order valence-electron chi connectivity index (χ0n) is 15.7. The average Bonchev–Trinajstić information content (AvgIpc) is 2.95. The number of hydrogen-bond acceptors (Lipinski definition) is 5. The topological polar surface area (TPSA) is 76.9 Å². The molecule has 0 aromatic carbocycles. The van der Waals surface area contributed by atoms with Crippen molar-refractivity contribution < 1.29 is 31.5 Å². The molecule has 12 heteroatoms. The van der Waals surface area contributed by atoms with Gasteiger partial charge in [-0.25, -0.2) is 4.98 Å². The molecule has 0 fully saturated rings. The number of rotatable bonds is 6. The third-order valence-electron chi connectivity index (χ3n) is 3.87. The highest BCUT2D eigenvalue weighted by atomic mass is 35.5. The standard InChI is InChI=1S/C16H18ClF5N4.CO2/c1-4-11-13(17)14(26(5-2)25-11)10-7-23-12(6-9(10)3)24-8-15(18,19)16(20,21)22;2-1-3/h6-7H,4-5,8H2,1-3H3,(H,23,24);. The van der Waals surface area contributed by atoms with E-state index in [2.05, 4.69) is 10.1 Å². The fourth-order valence-corrected chi connectivity index (χ4v) is 2.77. The number of aromatic nitrogens is 3. The first-order valence-corrected chi connectivity index (χ1v) is 8.71. The van der Waals surface area contributed by atoms with E-state index in [0.717, 1.165) is 5.69 Å². The van der Waals surface area contributed by atoms with E-state index in [-0.39, 0.29) is 12.0 Å². The molecule has 2 aromatic rings. The maximum Gasteiger partial charge on any atom is 0.455 e. The van der Waals surface area contributed by atoms with E-state index in [1.807, 2.05) is 19.2 Å². The first-order chi connectivity index (χ1) is 13.4. The summed E-state index contributed by atoms with van der Waals surface area (Å²) in [5, 5.41) is 6.91. The quantitative estimate of drug-likeness (QED) is 0.668. The Hall–Kier alpha value is -2.52. The third kappa shape index (κ3) is 5.74. The number of carbonyl (C=O) groups excluding carboxylic acids is 2. The van der Waals surface area contributed by atoms with Gasteiger partial charge in [0.05, 0.1) is 23.0 Å². The summed E-state index contributed by atoms with van der Waals surface area (Å²) < 4.78 is 64.4. The molecule has 0 aliphatic heterocycles. The molecule has 1 N–H and O–H groups in total. The number of hydrogen-bond donors (Lipinski definition) is 1. The van der Waals surface area contributed by atoms with Crippen molar-refractivity contribution in [1.29, 1.82) is 0 Å². The van der Waals surface area contributed by atoms with Crippen LogP contribution in [0.2, 0.25) is 5.02 Å². The summed E-state index contributed by atoms with van der Waals surface area (Å²) in [6.45, 7) is 4.47. The molecule has 0 saturated heterocycles. The Morgan fingerprint density at radius 1 is 1.21 bits per heavy atom. The van der Waals surface area contributed by atoms with E-state index < -0.39 is 18.6 Å². The second-order valence-electron chi connectivity index (χ2n) is 5.80. The van der Waals surface area contributed by atoms with Crippen molar-refractivity contribution in [2.75, 3.05) is 11.9 Å². The van der Waals surface area contributed by atoms with Crippen molar-refractivity contribution in [2.24, 2.45) is 0 Å². The summed E-state index contributed by atoms with van der Waals surface area (Å²) in [4.78, 5) is 20.2. The van der Waals surface area contributed by atoms with Crippen LogP contribution in [0.15, 0.2) is 12.3 Å². The summed E-state index contributed by atoms with van der Waals surface area (Å²) in [5.41, 5.74) is 2.62. The highest BCUT2D eigenvalue weighted by Crippen LogP contribution is 2.36. The number of aryl methyl sites for hydroxylation is 3. The van der Waals surface area contributed by atoms with Crippen LogP contribution < -0.4 is 5.32 Å². The Balaban J connectivity index is 0.00000132. The van der Waals surface area contributed by atoms with E-state index in [1.165, 1.54) is 12.3 Å². The summed E-state index contributed by atoms with van der Waals surface area (Å²) >= 11 is 6.37. The normalized spacial score (nSPS) is 11.5. The van der Waals surface area contributed by atoms with Gasteiger partial charge in [0.1, 0.15) is 5.82 Å². The highest BCUT2D eigenvalue weighted by Gasteiger charge is 2.57. The smallest absolute Gasteiger partial charge is 0.364 e. The van der Waals surface area contributed by atoms with Gasteiger partial charge in [0, 0.05) is 18.3 Å². The van der Waals surface area contributed by atoms with Gasteiger partial charge in [0.15, 0.2) is 0 Å². The molecule has 2 aromatic heterocycles. The van der Waals surface area contributed by atoms with Crippen LogP contribution in [0, 0.1) is 6.92 Å². The van der Waals surface area contributed by atoms with Gasteiger partial charge >= 0.3 is 18.3 Å². The van der Waals surface area contributed by atoms with Crippen LogP contribution in [-0.4, -0.2) is 39.6 Å². The minimum Gasteiger partial charge on any atom is -0.364 e. The number of halogens is 6. The van der Waals surface area contributed by atoms with Gasteiger partial charge in [-0.3, -0.25) is 4.68 Å². The molecule has 0 unspecified atom stereocenters. The molecular formula is C17H18ClF5N4O2. The summed E-state index contributed by atoms with van der Waals surface area (Å²) in [6, 6.07) is 1.40. The summed E-state index contributed by atoms with van der Waals surface area (Å²) in [6.07, 6.45) is -3.35. The number of alkyl halides is 5. The molecule has 0 aliphatic rings. The molecule has 160 valence electrons. The van der Waals surface area contributed by atoms with Crippen LogP contribution >= 0.6 is 11.6 Å². The molecule has 0 amide bonds. The lowest BCUT2D eigenvalue weighted by Gasteiger charge is -2.20. The molecular weight excluding hydrogens is 423 g/mol. The van der Waals surface area contributed by atoms with Gasteiger partial charge in [0.2, 0.25) is 0 Å². The van der Waals surface area contributed by atoms with E-state index in [1.54, 1.807) is 11.6 Å². The van der Waals surface area contributed by atoms with Gasteiger partial charge in [-0.2, -0.15) is 36.6 Å². The Kier molecular flexibility index (Phi) is 8.28. The minimum atomic E-state index is -5.62. The number of nitrogens with one attached hydrogen (secondary N) is 1. The van der Waals surface area contributed by atoms with E-state index >= 15 is 0 Å². The molecule has 0 saturated carbocycles.